The Kier molecular flexibility index (Phi) is 19.0. The van der Waals surface area contributed by atoms with Crippen LogP contribution in [0.3, 0.4) is 0 Å². The van der Waals surface area contributed by atoms with E-state index >= 15 is 0 Å². The van der Waals surface area contributed by atoms with Crippen molar-refractivity contribution in [1.29, 1.82) is 0 Å². The van der Waals surface area contributed by atoms with Crippen LogP contribution in [-0.4, -0.2) is 0 Å². The number of hydrogen-bond donors (Lipinski definition) is 0. The molecule has 0 heterocycles. The Balaban J connectivity index is -0.000000189. The zero-order valence-electron chi connectivity index (χ0n) is 10.6. The van der Waals surface area contributed by atoms with Gasteiger partial charge in [-0.3, -0.25) is 0 Å². The molecule has 0 spiro atoms. The van der Waals surface area contributed by atoms with Crippen LogP contribution in [0.15, 0.2) is 54.6 Å². The van der Waals surface area contributed by atoms with Crippen molar-refractivity contribution >= 4 is 0 Å². The van der Waals surface area contributed by atoms with Crippen LogP contribution in [0.4, 0.5) is 0 Å². The third kappa shape index (κ3) is 10.1. The molecule has 0 saturated carbocycles. The van der Waals surface area contributed by atoms with Crippen molar-refractivity contribution in [2.24, 2.45) is 0 Å². The van der Waals surface area contributed by atoms with Crippen molar-refractivity contribution in [2.45, 2.75) is 19.8 Å². The first kappa shape index (κ1) is 20.9. The van der Waals surface area contributed by atoms with Crippen LogP contribution in [0.1, 0.15) is 18.9 Å². The third-order valence-electron chi connectivity index (χ3n) is 1.83. The van der Waals surface area contributed by atoms with Crippen molar-refractivity contribution in [2.75, 3.05) is 0 Å². The van der Waals surface area contributed by atoms with Crippen molar-refractivity contribution in [3.63, 3.8) is 0 Å². The van der Waals surface area contributed by atoms with Crippen molar-refractivity contribution in [1.82, 2.24) is 0 Å². The average Bonchev–Trinajstić information content (AvgIpc) is 2.79. The summed E-state index contributed by atoms with van der Waals surface area (Å²) in [6.07, 6.45) is 2.48. The van der Waals surface area contributed by atoms with E-state index in [2.05, 4.69) is 31.2 Å². The average molecular weight is 381 g/mol. The molecule has 0 saturated heterocycles. The van der Waals surface area contributed by atoms with Gasteiger partial charge in [0, 0.05) is 0 Å². The van der Waals surface area contributed by atoms with E-state index in [0.29, 0.717) is 0 Å². The van der Waals surface area contributed by atoms with Gasteiger partial charge in [-0.2, -0.15) is 35.9 Å². The fraction of sp³-hybridized carbons (Fsp3) is 0.200. The summed E-state index contributed by atoms with van der Waals surface area (Å²) in [7, 11) is 0. The van der Waals surface area contributed by atoms with Gasteiger partial charge in [0.25, 0.3) is 0 Å². The summed E-state index contributed by atoms with van der Waals surface area (Å²) in [5.74, 6) is 0. The molecule has 0 aromatic heterocycles. The van der Waals surface area contributed by atoms with Crippen molar-refractivity contribution in [3.05, 3.63) is 75.0 Å². The fourth-order valence-corrected chi connectivity index (χ4v) is 1.19. The SMILES string of the molecule is CCC[c-]1cccc1.[CH3-].[CH3-].[Hf+4].c1cc[cH-]c1. The van der Waals surface area contributed by atoms with E-state index in [9.17, 15) is 0 Å². The van der Waals surface area contributed by atoms with Crippen LogP contribution in [0.25, 0.3) is 0 Å². The molecule has 2 rings (SSSR count). The Morgan fingerprint density at radius 2 is 1.44 bits per heavy atom. The molecule has 0 aliphatic heterocycles. The molecule has 0 bridgehead atoms. The molecule has 86 valence electrons. The van der Waals surface area contributed by atoms with E-state index in [1.807, 2.05) is 30.3 Å². The summed E-state index contributed by atoms with van der Waals surface area (Å²) >= 11 is 0. The first-order valence-corrected chi connectivity index (χ1v) is 4.80. The first-order valence-electron chi connectivity index (χ1n) is 4.80. The Labute approximate surface area is 120 Å². The fourth-order valence-electron chi connectivity index (χ4n) is 1.19. The quantitative estimate of drug-likeness (QED) is 0.525. The minimum Gasteiger partial charge on any atom is -0.358 e. The first-order chi connectivity index (χ1) is 6.43. The van der Waals surface area contributed by atoms with Gasteiger partial charge in [0.2, 0.25) is 0 Å². The van der Waals surface area contributed by atoms with Gasteiger partial charge in [0.15, 0.2) is 0 Å². The molecule has 0 unspecified atom stereocenters. The maximum Gasteiger partial charge on any atom is 4.00 e. The zero-order valence-corrected chi connectivity index (χ0v) is 14.2. The van der Waals surface area contributed by atoms with Crippen LogP contribution in [-0.2, 0) is 32.3 Å². The Hall–Kier alpha value is -0.430. The molecule has 0 nitrogen and oxygen atoms in total. The predicted octanol–water partition coefficient (Wildman–Crippen LogP) is 4.66. The molecule has 0 atom stereocenters. The van der Waals surface area contributed by atoms with Crippen molar-refractivity contribution < 1.29 is 25.8 Å². The smallest absolute Gasteiger partial charge is 0.358 e. The summed E-state index contributed by atoms with van der Waals surface area (Å²) in [5.41, 5.74) is 1.47. The molecule has 2 aromatic carbocycles. The van der Waals surface area contributed by atoms with Gasteiger partial charge in [-0.25, -0.2) is 24.3 Å². The molecule has 0 aliphatic rings. The second kappa shape index (κ2) is 14.6. The second-order valence-corrected chi connectivity index (χ2v) is 3.01. The van der Waals surface area contributed by atoms with E-state index in [-0.39, 0.29) is 40.7 Å². The molecule has 0 fully saturated rings. The molecule has 0 amide bonds. The van der Waals surface area contributed by atoms with E-state index in [1.165, 1.54) is 18.4 Å². The van der Waals surface area contributed by atoms with Gasteiger partial charge in [0.05, 0.1) is 0 Å². The van der Waals surface area contributed by atoms with E-state index < -0.39 is 0 Å². The second-order valence-electron chi connectivity index (χ2n) is 3.01. The number of rotatable bonds is 2. The standard InChI is InChI=1S/C8H11.C5H5.2CH3.Hf/c1-2-5-8-6-3-4-7-8;1-2-4-5-3-1;;;/h3-4,6-7H,2,5H2,1H3;1-5H;2*1H3;/q4*-1;+4. The van der Waals surface area contributed by atoms with E-state index in [1.54, 1.807) is 0 Å². The minimum atomic E-state index is 0. The third-order valence-corrected chi connectivity index (χ3v) is 1.83. The number of hydrogen-bond acceptors (Lipinski definition) is 0. The summed E-state index contributed by atoms with van der Waals surface area (Å²) in [6, 6.07) is 18.5. The Bertz CT molecular complexity index is 249. The van der Waals surface area contributed by atoms with E-state index in [0.717, 1.165) is 0 Å². The summed E-state index contributed by atoms with van der Waals surface area (Å²) in [4.78, 5) is 0. The van der Waals surface area contributed by atoms with Crippen LogP contribution in [0.2, 0.25) is 0 Å². The molecule has 1 heteroatoms. The maximum absolute atomic E-state index is 2.20. The molecular formula is C15H22Hf. The molecule has 0 N–H and O–H groups in total. The zero-order chi connectivity index (χ0) is 9.36. The molecule has 2 aromatic rings. The summed E-state index contributed by atoms with van der Waals surface area (Å²) < 4.78 is 0. The summed E-state index contributed by atoms with van der Waals surface area (Å²) in [5, 5.41) is 0. The normalized spacial score (nSPS) is 7.31. The van der Waals surface area contributed by atoms with Crippen LogP contribution < -0.4 is 0 Å². The van der Waals surface area contributed by atoms with Gasteiger partial charge in [-0.1, -0.05) is 19.8 Å². The van der Waals surface area contributed by atoms with Gasteiger partial charge in [-0.15, -0.1) is 0 Å². The molecular weight excluding hydrogens is 359 g/mol. The number of aryl methyl sites for hydroxylation is 1. The van der Waals surface area contributed by atoms with Gasteiger partial charge < -0.3 is 14.9 Å². The Morgan fingerprint density at radius 1 is 0.938 bits per heavy atom. The predicted molar refractivity (Wildman–Crippen MR) is 70.9 cm³/mol. The van der Waals surface area contributed by atoms with Gasteiger partial charge >= 0.3 is 25.8 Å². The van der Waals surface area contributed by atoms with Crippen LogP contribution >= 0.6 is 0 Å². The van der Waals surface area contributed by atoms with Gasteiger partial charge in [-0.05, 0) is 0 Å². The Morgan fingerprint density at radius 3 is 1.75 bits per heavy atom. The summed E-state index contributed by atoms with van der Waals surface area (Å²) in [6.45, 7) is 2.20. The minimum absolute atomic E-state index is 0. The molecule has 16 heavy (non-hydrogen) atoms. The van der Waals surface area contributed by atoms with Crippen LogP contribution in [0.5, 0.6) is 0 Å². The van der Waals surface area contributed by atoms with E-state index in [4.69, 9.17) is 0 Å². The van der Waals surface area contributed by atoms with Gasteiger partial charge in [0.1, 0.15) is 0 Å². The molecule has 0 radical (unpaired) electrons. The molecule has 0 aliphatic carbocycles. The van der Waals surface area contributed by atoms with Crippen LogP contribution in [0, 0.1) is 14.9 Å². The largest absolute Gasteiger partial charge is 4.00 e. The topological polar surface area (TPSA) is 0 Å². The maximum atomic E-state index is 2.20. The van der Waals surface area contributed by atoms with Crippen molar-refractivity contribution in [3.8, 4) is 0 Å². The monoisotopic (exact) mass is 382 g/mol.